The summed E-state index contributed by atoms with van der Waals surface area (Å²) in [5.41, 5.74) is 7.38. The summed E-state index contributed by atoms with van der Waals surface area (Å²) in [6.45, 7) is 2.83. The molecule has 1 fully saturated rings. The van der Waals surface area contributed by atoms with Crippen molar-refractivity contribution in [2.75, 3.05) is 18.6 Å². The molecular formula is C13H18BrN3O2. The van der Waals surface area contributed by atoms with E-state index in [0.29, 0.717) is 11.6 Å². The first-order chi connectivity index (χ1) is 9.04. The zero-order valence-corrected chi connectivity index (χ0v) is 12.6. The molecule has 1 aliphatic heterocycles. The lowest BCUT2D eigenvalue weighted by Gasteiger charge is -2.30. The predicted molar refractivity (Wildman–Crippen MR) is 78.9 cm³/mol. The van der Waals surface area contributed by atoms with Gasteiger partial charge in [0.2, 0.25) is 0 Å². The van der Waals surface area contributed by atoms with Crippen molar-refractivity contribution in [2.24, 2.45) is 10.9 Å². The molecule has 5 nitrogen and oxygen atoms in total. The van der Waals surface area contributed by atoms with E-state index < -0.39 is 0 Å². The third kappa shape index (κ3) is 2.84. The number of rotatable bonds is 3. The Morgan fingerprint density at radius 1 is 1.58 bits per heavy atom. The first kappa shape index (κ1) is 14.1. The summed E-state index contributed by atoms with van der Waals surface area (Å²) in [6.07, 6.45) is 1.14. The number of anilines is 1. The molecule has 0 aliphatic carbocycles. The van der Waals surface area contributed by atoms with Gasteiger partial charge in [-0.2, -0.15) is 0 Å². The van der Waals surface area contributed by atoms with E-state index >= 15 is 0 Å². The maximum Gasteiger partial charge on any atom is 0.172 e. The van der Waals surface area contributed by atoms with Crippen molar-refractivity contribution in [3.05, 3.63) is 28.2 Å². The van der Waals surface area contributed by atoms with E-state index in [0.717, 1.165) is 23.2 Å². The molecule has 6 heteroatoms. The summed E-state index contributed by atoms with van der Waals surface area (Å²) in [4.78, 5) is 2.13. The van der Waals surface area contributed by atoms with Gasteiger partial charge in [0.1, 0.15) is 0 Å². The molecule has 3 N–H and O–H groups in total. The monoisotopic (exact) mass is 327 g/mol. The SMILES string of the molecule is CC1OCCC1N(C)c1cc(Br)ccc1/C(N)=N/O. The molecule has 1 aromatic rings. The topological polar surface area (TPSA) is 71.1 Å². The van der Waals surface area contributed by atoms with Crippen molar-refractivity contribution in [1.29, 1.82) is 0 Å². The van der Waals surface area contributed by atoms with Gasteiger partial charge >= 0.3 is 0 Å². The van der Waals surface area contributed by atoms with Crippen LogP contribution in [0.15, 0.2) is 27.8 Å². The van der Waals surface area contributed by atoms with Crippen LogP contribution < -0.4 is 10.6 Å². The number of amidine groups is 1. The van der Waals surface area contributed by atoms with Crippen LogP contribution in [0.1, 0.15) is 18.9 Å². The van der Waals surface area contributed by atoms with Gasteiger partial charge in [0.25, 0.3) is 0 Å². The fourth-order valence-corrected chi connectivity index (χ4v) is 2.82. The van der Waals surface area contributed by atoms with E-state index in [2.05, 4.69) is 32.9 Å². The highest BCUT2D eigenvalue weighted by molar-refractivity contribution is 9.10. The normalized spacial score (nSPS) is 23.6. The number of benzene rings is 1. The Bertz CT molecular complexity index is 493. The number of hydrogen-bond donors (Lipinski definition) is 2. The van der Waals surface area contributed by atoms with Crippen LogP contribution in [-0.2, 0) is 4.74 Å². The Labute approximate surface area is 121 Å². The molecular weight excluding hydrogens is 310 g/mol. The number of nitrogens with two attached hydrogens (primary N) is 1. The molecule has 2 unspecified atom stereocenters. The van der Waals surface area contributed by atoms with Gasteiger partial charge in [-0.1, -0.05) is 21.1 Å². The third-order valence-corrected chi connectivity index (χ3v) is 4.05. The Kier molecular flexibility index (Phi) is 4.31. The van der Waals surface area contributed by atoms with Gasteiger partial charge in [0.05, 0.1) is 12.1 Å². The average molecular weight is 328 g/mol. The first-order valence-electron chi connectivity index (χ1n) is 6.16. The summed E-state index contributed by atoms with van der Waals surface area (Å²) in [7, 11) is 2.01. The lowest BCUT2D eigenvalue weighted by Crippen LogP contribution is -2.38. The molecule has 104 valence electrons. The van der Waals surface area contributed by atoms with Gasteiger partial charge in [-0.05, 0) is 31.5 Å². The van der Waals surface area contributed by atoms with Gasteiger partial charge in [0, 0.05) is 29.4 Å². The zero-order valence-electron chi connectivity index (χ0n) is 11.0. The first-order valence-corrected chi connectivity index (χ1v) is 6.95. The van der Waals surface area contributed by atoms with Crippen LogP contribution in [0.5, 0.6) is 0 Å². The molecule has 1 aromatic carbocycles. The van der Waals surface area contributed by atoms with Crippen molar-refractivity contribution < 1.29 is 9.94 Å². The molecule has 0 spiro atoms. The van der Waals surface area contributed by atoms with Crippen molar-refractivity contribution in [3.8, 4) is 0 Å². The largest absolute Gasteiger partial charge is 0.409 e. The highest BCUT2D eigenvalue weighted by Crippen LogP contribution is 2.29. The fraction of sp³-hybridized carbons (Fsp3) is 0.462. The number of hydrogen-bond acceptors (Lipinski definition) is 4. The van der Waals surface area contributed by atoms with Gasteiger partial charge in [0.15, 0.2) is 5.84 Å². The second-order valence-corrected chi connectivity index (χ2v) is 5.61. The Morgan fingerprint density at radius 3 is 2.89 bits per heavy atom. The minimum absolute atomic E-state index is 0.112. The van der Waals surface area contributed by atoms with Gasteiger partial charge in [-0.3, -0.25) is 0 Å². The number of ether oxygens (including phenoxy) is 1. The van der Waals surface area contributed by atoms with Crippen LogP contribution >= 0.6 is 15.9 Å². The van der Waals surface area contributed by atoms with Crippen molar-refractivity contribution in [1.82, 2.24) is 0 Å². The number of likely N-dealkylation sites (N-methyl/N-ethyl adjacent to an activating group) is 1. The molecule has 1 aliphatic rings. The molecule has 0 amide bonds. The maximum atomic E-state index is 8.89. The molecule has 2 rings (SSSR count). The van der Waals surface area contributed by atoms with Gasteiger partial charge in [-0.15, -0.1) is 0 Å². The minimum Gasteiger partial charge on any atom is -0.409 e. The molecule has 1 saturated heterocycles. The quantitative estimate of drug-likeness (QED) is 0.386. The Balaban J connectivity index is 2.39. The van der Waals surface area contributed by atoms with Gasteiger partial charge < -0.3 is 20.6 Å². The number of halogens is 1. The van der Waals surface area contributed by atoms with E-state index in [1.54, 1.807) is 0 Å². The summed E-state index contributed by atoms with van der Waals surface area (Å²) in [6, 6.07) is 5.97. The molecule has 0 saturated carbocycles. The molecule has 0 radical (unpaired) electrons. The highest BCUT2D eigenvalue weighted by atomic mass is 79.9. The van der Waals surface area contributed by atoms with Gasteiger partial charge in [-0.25, -0.2) is 0 Å². The predicted octanol–water partition coefficient (Wildman–Crippen LogP) is 2.16. The second-order valence-electron chi connectivity index (χ2n) is 4.69. The number of oxime groups is 1. The zero-order chi connectivity index (χ0) is 14.0. The molecule has 2 atom stereocenters. The van der Waals surface area contributed by atoms with Crippen LogP contribution in [0.3, 0.4) is 0 Å². The maximum absolute atomic E-state index is 8.89. The van der Waals surface area contributed by atoms with Crippen LogP contribution in [0, 0.1) is 0 Å². The van der Waals surface area contributed by atoms with Crippen LogP contribution in [0.25, 0.3) is 0 Å². The Hall–Kier alpha value is -1.27. The van der Waals surface area contributed by atoms with E-state index in [-0.39, 0.29) is 11.9 Å². The average Bonchev–Trinajstić information content (AvgIpc) is 2.83. The summed E-state index contributed by atoms with van der Waals surface area (Å²) >= 11 is 3.46. The molecule has 1 heterocycles. The van der Waals surface area contributed by atoms with Crippen LogP contribution in [0.4, 0.5) is 5.69 Å². The highest BCUT2D eigenvalue weighted by Gasteiger charge is 2.29. The summed E-state index contributed by atoms with van der Waals surface area (Å²) in [5, 5.41) is 12.0. The summed E-state index contributed by atoms with van der Waals surface area (Å²) < 4.78 is 6.55. The lowest BCUT2D eigenvalue weighted by molar-refractivity contribution is 0.118. The fourth-order valence-electron chi connectivity index (χ4n) is 2.47. The van der Waals surface area contributed by atoms with Crippen LogP contribution in [0.2, 0.25) is 0 Å². The smallest absolute Gasteiger partial charge is 0.172 e. The van der Waals surface area contributed by atoms with Crippen molar-refractivity contribution in [3.63, 3.8) is 0 Å². The van der Waals surface area contributed by atoms with E-state index in [4.69, 9.17) is 15.7 Å². The lowest BCUT2D eigenvalue weighted by atomic mass is 10.1. The van der Waals surface area contributed by atoms with Crippen molar-refractivity contribution >= 4 is 27.5 Å². The molecule has 19 heavy (non-hydrogen) atoms. The van der Waals surface area contributed by atoms with Crippen LogP contribution in [-0.4, -0.2) is 36.8 Å². The van der Waals surface area contributed by atoms with Crippen molar-refractivity contribution in [2.45, 2.75) is 25.5 Å². The molecule has 0 bridgehead atoms. The number of nitrogens with zero attached hydrogens (tertiary/aromatic N) is 2. The van der Waals surface area contributed by atoms with E-state index in [1.807, 2.05) is 25.2 Å². The van der Waals surface area contributed by atoms with E-state index in [9.17, 15) is 0 Å². The summed E-state index contributed by atoms with van der Waals surface area (Å²) in [5.74, 6) is 0.112. The third-order valence-electron chi connectivity index (χ3n) is 3.56. The molecule has 0 aromatic heterocycles. The standard InChI is InChI=1S/C13H18BrN3O2/c1-8-11(5-6-19-8)17(2)12-7-9(14)3-4-10(12)13(15)16-18/h3-4,7-8,11,18H,5-6H2,1-2H3,(H2,15,16). The minimum atomic E-state index is 0.112. The second kappa shape index (κ2) is 5.79. The van der Waals surface area contributed by atoms with E-state index in [1.165, 1.54) is 0 Å². The Morgan fingerprint density at radius 2 is 2.32 bits per heavy atom.